The monoisotopic (exact) mass is 418 g/mol. The zero-order valence-electron chi connectivity index (χ0n) is 16.6. The third kappa shape index (κ3) is 3.85. The van der Waals surface area contributed by atoms with Gasteiger partial charge in [0.2, 0.25) is 0 Å². The number of hydrogen-bond donors (Lipinski definition) is 2. The molecule has 152 valence electrons. The summed E-state index contributed by atoms with van der Waals surface area (Å²) in [5, 5.41) is 9.21. The minimum Gasteiger partial charge on any atom is -0.361 e. The number of fused-ring (bicyclic) bond motifs is 1. The van der Waals surface area contributed by atoms with Crippen LogP contribution in [-0.2, 0) is 13.0 Å². The van der Waals surface area contributed by atoms with Gasteiger partial charge in [-0.25, -0.2) is 0 Å². The van der Waals surface area contributed by atoms with E-state index in [4.69, 9.17) is 11.6 Å². The van der Waals surface area contributed by atoms with Crippen molar-refractivity contribution in [2.24, 2.45) is 0 Å². The molecule has 0 aliphatic heterocycles. The van der Waals surface area contributed by atoms with Gasteiger partial charge in [0.15, 0.2) is 0 Å². The van der Waals surface area contributed by atoms with Gasteiger partial charge in [0.05, 0.1) is 0 Å². The normalized spacial score (nSPS) is 13.6. The van der Waals surface area contributed by atoms with Crippen molar-refractivity contribution in [3.05, 3.63) is 88.3 Å². The van der Waals surface area contributed by atoms with Crippen LogP contribution in [0.25, 0.3) is 10.9 Å². The maximum atomic E-state index is 13.3. The number of benzene rings is 2. The van der Waals surface area contributed by atoms with E-state index in [-0.39, 0.29) is 5.91 Å². The molecule has 0 saturated heterocycles. The largest absolute Gasteiger partial charge is 0.361 e. The Balaban J connectivity index is 1.39. The topological polar surface area (TPSA) is 64.8 Å². The van der Waals surface area contributed by atoms with Crippen LogP contribution >= 0.6 is 11.6 Å². The van der Waals surface area contributed by atoms with E-state index < -0.39 is 0 Å². The fourth-order valence-corrected chi connectivity index (χ4v) is 4.09. The standard InChI is InChI=1S/C24H23ClN4O/c25-20-7-3-1-5-18(20)15-29(24(30)23-13-22(27-28-23)16-9-10-16)12-11-17-14-26-21-8-4-2-6-19(17)21/h1-8,13-14,16,26H,9-12,15H2,(H,27,28). The van der Waals surface area contributed by atoms with Gasteiger partial charge in [0, 0.05) is 46.8 Å². The van der Waals surface area contributed by atoms with Crippen LogP contribution in [0.2, 0.25) is 5.02 Å². The molecule has 1 fully saturated rings. The van der Waals surface area contributed by atoms with Crippen LogP contribution in [-0.4, -0.2) is 32.5 Å². The third-order valence-electron chi connectivity index (χ3n) is 5.77. The summed E-state index contributed by atoms with van der Waals surface area (Å²) in [5.74, 6) is 0.459. The molecular formula is C24H23ClN4O. The van der Waals surface area contributed by atoms with Crippen molar-refractivity contribution in [3.63, 3.8) is 0 Å². The summed E-state index contributed by atoms with van der Waals surface area (Å²) >= 11 is 6.39. The van der Waals surface area contributed by atoms with Crippen molar-refractivity contribution in [2.75, 3.05) is 6.54 Å². The molecule has 0 unspecified atom stereocenters. The highest BCUT2D eigenvalue weighted by atomic mass is 35.5. The summed E-state index contributed by atoms with van der Waals surface area (Å²) < 4.78 is 0. The highest BCUT2D eigenvalue weighted by molar-refractivity contribution is 6.31. The van der Waals surface area contributed by atoms with Crippen molar-refractivity contribution in [3.8, 4) is 0 Å². The molecule has 5 nitrogen and oxygen atoms in total. The number of carbonyl (C=O) groups excluding carboxylic acids is 1. The number of hydrogen-bond acceptors (Lipinski definition) is 2. The Kier molecular flexibility index (Phi) is 5.05. The van der Waals surface area contributed by atoms with Crippen LogP contribution in [0.3, 0.4) is 0 Å². The van der Waals surface area contributed by atoms with Crippen molar-refractivity contribution in [1.82, 2.24) is 20.1 Å². The first kappa shape index (κ1) is 18.9. The van der Waals surface area contributed by atoms with E-state index in [1.54, 1.807) is 0 Å². The van der Waals surface area contributed by atoms with Crippen LogP contribution in [0.15, 0.2) is 60.8 Å². The molecule has 1 amide bonds. The smallest absolute Gasteiger partial charge is 0.274 e. The second-order valence-corrected chi connectivity index (χ2v) is 8.32. The number of aromatic nitrogens is 3. The van der Waals surface area contributed by atoms with Gasteiger partial charge in [0.1, 0.15) is 5.69 Å². The lowest BCUT2D eigenvalue weighted by Gasteiger charge is -2.22. The van der Waals surface area contributed by atoms with Gasteiger partial charge in [-0.1, -0.05) is 48.0 Å². The first-order valence-electron chi connectivity index (χ1n) is 10.3. The van der Waals surface area contributed by atoms with Crippen LogP contribution in [0.4, 0.5) is 0 Å². The van der Waals surface area contributed by atoms with E-state index in [1.807, 2.05) is 53.6 Å². The Morgan fingerprint density at radius 2 is 1.90 bits per heavy atom. The molecule has 1 saturated carbocycles. The average molecular weight is 419 g/mol. The Hall–Kier alpha value is -3.05. The van der Waals surface area contributed by atoms with Gasteiger partial charge in [-0.3, -0.25) is 9.89 Å². The predicted molar refractivity (Wildman–Crippen MR) is 119 cm³/mol. The lowest BCUT2D eigenvalue weighted by molar-refractivity contribution is 0.0739. The number of halogens is 1. The van der Waals surface area contributed by atoms with Gasteiger partial charge >= 0.3 is 0 Å². The highest BCUT2D eigenvalue weighted by Gasteiger charge is 2.28. The van der Waals surface area contributed by atoms with Gasteiger partial charge < -0.3 is 9.88 Å². The molecule has 2 aromatic heterocycles. The molecule has 0 radical (unpaired) electrons. The predicted octanol–water partition coefficient (Wildman–Crippen LogP) is 5.31. The molecule has 5 rings (SSSR count). The first-order chi connectivity index (χ1) is 14.7. The number of para-hydroxylation sites is 1. The molecular weight excluding hydrogens is 396 g/mol. The number of nitrogens with one attached hydrogen (secondary N) is 2. The molecule has 0 bridgehead atoms. The quantitative estimate of drug-likeness (QED) is 0.427. The molecule has 0 spiro atoms. The van der Waals surface area contributed by atoms with Crippen LogP contribution in [0, 0.1) is 0 Å². The molecule has 4 aromatic rings. The number of aromatic amines is 2. The second kappa shape index (κ2) is 8.00. The van der Waals surface area contributed by atoms with E-state index in [0.717, 1.165) is 23.2 Å². The third-order valence-corrected chi connectivity index (χ3v) is 6.13. The van der Waals surface area contributed by atoms with Gasteiger partial charge in [-0.2, -0.15) is 5.10 Å². The maximum absolute atomic E-state index is 13.3. The number of H-pyrrole nitrogens is 2. The van der Waals surface area contributed by atoms with Gasteiger partial charge in [-0.05, 0) is 48.6 Å². The summed E-state index contributed by atoms with van der Waals surface area (Å²) in [6, 6.07) is 17.8. The van der Waals surface area contributed by atoms with Gasteiger partial charge in [0.25, 0.3) is 5.91 Å². The number of rotatable bonds is 7. The summed E-state index contributed by atoms with van der Waals surface area (Å²) in [6.45, 7) is 1.03. The fourth-order valence-electron chi connectivity index (χ4n) is 3.89. The van der Waals surface area contributed by atoms with E-state index in [9.17, 15) is 4.79 Å². The average Bonchev–Trinajstić information content (AvgIpc) is 3.35. The molecule has 1 aliphatic carbocycles. The van der Waals surface area contributed by atoms with Crippen molar-refractivity contribution in [2.45, 2.75) is 31.7 Å². The maximum Gasteiger partial charge on any atom is 0.274 e. The lowest BCUT2D eigenvalue weighted by Crippen LogP contribution is -2.33. The number of carbonyl (C=O) groups is 1. The minimum atomic E-state index is -0.0714. The zero-order valence-corrected chi connectivity index (χ0v) is 17.3. The van der Waals surface area contributed by atoms with Gasteiger partial charge in [-0.15, -0.1) is 0 Å². The summed E-state index contributed by atoms with van der Waals surface area (Å²) in [5.41, 5.74) is 4.78. The Labute approximate surface area is 180 Å². The fraction of sp³-hybridized carbons (Fsp3) is 0.250. The van der Waals surface area contributed by atoms with Crippen LogP contribution < -0.4 is 0 Å². The Morgan fingerprint density at radius 3 is 2.73 bits per heavy atom. The molecule has 2 N–H and O–H groups in total. The van der Waals surface area contributed by atoms with Crippen LogP contribution in [0.5, 0.6) is 0 Å². The summed E-state index contributed by atoms with van der Waals surface area (Å²) in [7, 11) is 0. The molecule has 30 heavy (non-hydrogen) atoms. The van der Waals surface area contributed by atoms with Crippen molar-refractivity contribution >= 4 is 28.4 Å². The zero-order chi connectivity index (χ0) is 20.5. The molecule has 1 aliphatic rings. The Bertz CT molecular complexity index is 1190. The Morgan fingerprint density at radius 1 is 1.10 bits per heavy atom. The second-order valence-electron chi connectivity index (χ2n) is 7.91. The van der Waals surface area contributed by atoms with E-state index in [1.165, 1.54) is 23.8 Å². The highest BCUT2D eigenvalue weighted by Crippen LogP contribution is 2.39. The number of nitrogens with zero attached hydrogens (tertiary/aromatic N) is 2. The summed E-state index contributed by atoms with van der Waals surface area (Å²) in [6.07, 6.45) is 5.11. The minimum absolute atomic E-state index is 0.0714. The van der Waals surface area contributed by atoms with Crippen LogP contribution in [0.1, 0.15) is 46.1 Å². The SMILES string of the molecule is O=C(c1cc(C2CC2)[nH]n1)N(CCc1c[nH]c2ccccc12)Cc1ccccc1Cl. The van der Waals surface area contributed by atoms with E-state index >= 15 is 0 Å². The van der Waals surface area contributed by atoms with E-state index in [2.05, 4.69) is 27.3 Å². The molecule has 2 aromatic carbocycles. The number of amides is 1. The first-order valence-corrected chi connectivity index (χ1v) is 10.7. The summed E-state index contributed by atoms with van der Waals surface area (Å²) in [4.78, 5) is 18.5. The lowest BCUT2D eigenvalue weighted by atomic mass is 10.1. The van der Waals surface area contributed by atoms with Crippen molar-refractivity contribution in [1.29, 1.82) is 0 Å². The van der Waals surface area contributed by atoms with Crippen molar-refractivity contribution < 1.29 is 4.79 Å². The molecule has 6 heteroatoms. The van der Waals surface area contributed by atoms with E-state index in [0.29, 0.717) is 29.7 Å². The molecule has 2 heterocycles. The molecule has 0 atom stereocenters.